The molecule has 0 fully saturated rings. The van der Waals surface area contributed by atoms with Crippen LogP contribution in [0.1, 0.15) is 42.6 Å². The Labute approximate surface area is 201 Å². The van der Waals surface area contributed by atoms with Crippen molar-refractivity contribution < 1.29 is 31.1 Å². The first kappa shape index (κ1) is 24.9. The lowest BCUT2D eigenvalue weighted by atomic mass is 9.94. The van der Waals surface area contributed by atoms with E-state index in [1.807, 2.05) is 0 Å². The van der Waals surface area contributed by atoms with E-state index < -0.39 is 33.8 Å². The number of carbonyl (C=O) groups excluding carboxylic acids is 1. The molecule has 1 aliphatic carbocycles. The van der Waals surface area contributed by atoms with Crippen molar-refractivity contribution in [2.75, 3.05) is 6.61 Å². The van der Waals surface area contributed by atoms with Crippen LogP contribution in [0.15, 0.2) is 59.6 Å². The minimum atomic E-state index is -4.47. The van der Waals surface area contributed by atoms with Crippen molar-refractivity contribution in [2.45, 2.75) is 49.8 Å². The predicted octanol–water partition coefficient (Wildman–Crippen LogP) is 4.49. The van der Waals surface area contributed by atoms with Gasteiger partial charge in [-0.25, -0.2) is 13.1 Å². The highest BCUT2D eigenvalue weighted by molar-refractivity contribution is 7.89. The first-order valence-electron chi connectivity index (χ1n) is 11.1. The molecule has 0 radical (unpaired) electrons. The van der Waals surface area contributed by atoms with Gasteiger partial charge in [-0.05, 0) is 61.6 Å². The highest BCUT2D eigenvalue weighted by Crippen LogP contribution is 2.33. The summed E-state index contributed by atoms with van der Waals surface area (Å²) in [4.78, 5) is 11.8. The van der Waals surface area contributed by atoms with Crippen molar-refractivity contribution in [3.05, 3.63) is 71.5 Å². The molecule has 0 spiro atoms. The molecule has 0 aliphatic heterocycles. The van der Waals surface area contributed by atoms with Crippen LogP contribution in [0.4, 0.5) is 13.2 Å². The van der Waals surface area contributed by atoms with Crippen LogP contribution < -0.4 is 4.72 Å². The predicted molar refractivity (Wildman–Crippen MR) is 122 cm³/mol. The number of alkyl halides is 3. The maximum Gasteiger partial charge on any atom is 0.416 e. The number of esters is 1. The molecule has 1 aliphatic rings. The van der Waals surface area contributed by atoms with Gasteiger partial charge in [0, 0.05) is 11.3 Å². The minimum absolute atomic E-state index is 0.000681. The lowest BCUT2D eigenvalue weighted by Crippen LogP contribution is -2.31. The third-order valence-electron chi connectivity index (χ3n) is 5.83. The largest absolute Gasteiger partial charge is 0.465 e. The Morgan fingerprint density at radius 1 is 1.17 bits per heavy atom. The van der Waals surface area contributed by atoms with Crippen LogP contribution in [0.5, 0.6) is 0 Å². The molecule has 0 saturated carbocycles. The first-order chi connectivity index (χ1) is 16.6. The zero-order valence-electron chi connectivity index (χ0n) is 18.9. The first-order valence-corrected chi connectivity index (χ1v) is 12.6. The van der Waals surface area contributed by atoms with Gasteiger partial charge in [0.15, 0.2) is 0 Å². The molecule has 1 N–H and O–H groups in total. The molecule has 11 heteroatoms. The lowest BCUT2D eigenvalue weighted by Gasteiger charge is -2.24. The summed E-state index contributed by atoms with van der Waals surface area (Å²) in [5, 5.41) is 4.24. The van der Waals surface area contributed by atoms with E-state index in [0.29, 0.717) is 36.0 Å². The van der Waals surface area contributed by atoms with Gasteiger partial charge in [0.2, 0.25) is 10.0 Å². The third-order valence-corrected chi connectivity index (χ3v) is 7.32. The Balaban J connectivity index is 1.52. The summed E-state index contributed by atoms with van der Waals surface area (Å²) in [5.74, 6) is -0.415. The summed E-state index contributed by atoms with van der Waals surface area (Å²) in [7, 11) is -3.91. The fraction of sp³-hybridized carbons (Fsp3) is 0.333. The van der Waals surface area contributed by atoms with Crippen molar-refractivity contribution in [3.63, 3.8) is 0 Å². The third kappa shape index (κ3) is 5.57. The van der Waals surface area contributed by atoms with Gasteiger partial charge in [-0.15, -0.1) is 0 Å². The van der Waals surface area contributed by atoms with Crippen LogP contribution in [0, 0.1) is 0 Å². The number of rotatable bonds is 7. The second kappa shape index (κ2) is 9.82. The number of nitrogens with one attached hydrogen (secondary N) is 1. The zero-order chi connectivity index (χ0) is 25.2. The van der Waals surface area contributed by atoms with Gasteiger partial charge in [-0.1, -0.05) is 24.3 Å². The molecule has 0 amide bonds. The molecule has 7 nitrogen and oxygen atoms in total. The summed E-state index contributed by atoms with van der Waals surface area (Å²) >= 11 is 0. The van der Waals surface area contributed by atoms with Crippen LogP contribution in [-0.2, 0) is 38.7 Å². The van der Waals surface area contributed by atoms with E-state index in [1.165, 1.54) is 41.1 Å². The van der Waals surface area contributed by atoms with E-state index in [-0.39, 0.29) is 18.0 Å². The quantitative estimate of drug-likeness (QED) is 0.476. The second-order valence-electron chi connectivity index (χ2n) is 8.18. The number of ether oxygens (including phenoxy) is 1. The van der Waals surface area contributed by atoms with Crippen LogP contribution in [0.3, 0.4) is 0 Å². The van der Waals surface area contributed by atoms with Crippen molar-refractivity contribution in [1.82, 2.24) is 14.5 Å². The lowest BCUT2D eigenvalue weighted by molar-refractivity contribution is -0.144. The number of carbonyl (C=O) groups is 1. The fourth-order valence-electron chi connectivity index (χ4n) is 4.16. The van der Waals surface area contributed by atoms with Gasteiger partial charge < -0.3 is 4.74 Å². The SMILES string of the molecule is CCOC(=O)Cn1ncc2c1CCCC2NS(=O)(=O)c1ccc(-c2cccc(C(F)(F)F)c2)cc1. The summed E-state index contributed by atoms with van der Waals surface area (Å²) in [6.45, 7) is 1.93. The number of sulfonamides is 1. The van der Waals surface area contributed by atoms with Crippen molar-refractivity contribution in [3.8, 4) is 11.1 Å². The van der Waals surface area contributed by atoms with Gasteiger partial charge in [0.05, 0.1) is 29.3 Å². The summed E-state index contributed by atoms with van der Waals surface area (Å²) in [6, 6.07) is 10.0. The summed E-state index contributed by atoms with van der Waals surface area (Å²) < 4.78 is 74.4. The number of aromatic nitrogens is 2. The Hall–Kier alpha value is -3.18. The number of fused-ring (bicyclic) bond motifs is 1. The second-order valence-corrected chi connectivity index (χ2v) is 9.89. The molecular formula is C24H24F3N3O4S. The van der Waals surface area contributed by atoms with Gasteiger partial charge in [0.25, 0.3) is 0 Å². The summed E-state index contributed by atoms with van der Waals surface area (Å²) in [5.41, 5.74) is 1.53. The van der Waals surface area contributed by atoms with Crippen molar-refractivity contribution in [1.29, 1.82) is 0 Å². The monoisotopic (exact) mass is 507 g/mol. The van der Waals surface area contributed by atoms with Gasteiger partial charge >= 0.3 is 12.1 Å². The average molecular weight is 508 g/mol. The van der Waals surface area contributed by atoms with Gasteiger partial charge in [-0.2, -0.15) is 18.3 Å². The topological polar surface area (TPSA) is 90.3 Å². The number of hydrogen-bond donors (Lipinski definition) is 1. The highest BCUT2D eigenvalue weighted by Gasteiger charge is 2.31. The van der Waals surface area contributed by atoms with Gasteiger partial charge in [0.1, 0.15) is 6.54 Å². The number of hydrogen-bond acceptors (Lipinski definition) is 5. The molecule has 4 rings (SSSR count). The minimum Gasteiger partial charge on any atom is -0.465 e. The van der Waals surface area contributed by atoms with Crippen LogP contribution in [0.25, 0.3) is 11.1 Å². The molecule has 2 aromatic carbocycles. The van der Waals surface area contributed by atoms with Crippen molar-refractivity contribution >= 4 is 16.0 Å². The Bertz CT molecular complexity index is 1320. The molecule has 186 valence electrons. The zero-order valence-corrected chi connectivity index (χ0v) is 19.7. The Morgan fingerprint density at radius 3 is 2.60 bits per heavy atom. The smallest absolute Gasteiger partial charge is 0.416 e. The maximum atomic E-state index is 13.1. The van der Waals surface area contributed by atoms with Crippen LogP contribution in [0.2, 0.25) is 0 Å². The van der Waals surface area contributed by atoms with E-state index in [4.69, 9.17) is 4.74 Å². The number of halogens is 3. The molecule has 0 saturated heterocycles. The molecule has 1 aromatic heterocycles. The normalized spacial score (nSPS) is 16.1. The average Bonchev–Trinajstić information content (AvgIpc) is 3.22. The maximum absolute atomic E-state index is 13.1. The molecule has 35 heavy (non-hydrogen) atoms. The molecule has 1 heterocycles. The van der Waals surface area contributed by atoms with Crippen molar-refractivity contribution in [2.24, 2.45) is 0 Å². The highest BCUT2D eigenvalue weighted by atomic mass is 32.2. The summed E-state index contributed by atoms with van der Waals surface area (Å²) in [6.07, 6.45) is -0.953. The number of benzene rings is 2. The Kier molecular flexibility index (Phi) is 7.00. The molecule has 1 unspecified atom stereocenters. The fourth-order valence-corrected chi connectivity index (χ4v) is 5.41. The van der Waals surface area contributed by atoms with E-state index >= 15 is 0 Å². The Morgan fingerprint density at radius 2 is 1.91 bits per heavy atom. The molecular weight excluding hydrogens is 483 g/mol. The number of nitrogens with zero attached hydrogens (tertiary/aromatic N) is 2. The van der Waals surface area contributed by atoms with E-state index in [2.05, 4.69) is 9.82 Å². The van der Waals surface area contributed by atoms with E-state index in [1.54, 1.807) is 13.1 Å². The molecule has 1 atom stereocenters. The van der Waals surface area contributed by atoms with E-state index in [0.717, 1.165) is 17.8 Å². The van der Waals surface area contributed by atoms with Crippen LogP contribution >= 0.6 is 0 Å². The van der Waals surface area contributed by atoms with Crippen LogP contribution in [-0.4, -0.2) is 30.8 Å². The standard InChI is InChI=1S/C24H24F3N3O4S/c1-2-34-23(31)15-30-22-8-4-7-21(20(22)14-28-30)29-35(32,33)19-11-9-16(10-12-19)17-5-3-6-18(13-17)24(25,26)27/h3,5-6,9-14,21,29H,2,4,7-8,15H2,1H3. The molecule has 0 bridgehead atoms. The van der Waals surface area contributed by atoms with E-state index in [9.17, 15) is 26.4 Å². The van der Waals surface area contributed by atoms with Gasteiger partial charge in [-0.3, -0.25) is 9.48 Å². The molecule has 3 aromatic rings.